The quantitative estimate of drug-likeness (QED) is 0.110. The van der Waals surface area contributed by atoms with Crippen LogP contribution in [0.2, 0.25) is 0 Å². The molecule has 23 nitrogen and oxygen atoms in total. The standard InChI is InChI=1S/2C4H6N2.2C4H5NO.2C3H5N3.3C3H4N2O.9C2H6/c2*1-4-2-3-5-6-4;1-4-2-3-6-5-4;1-4-2-3-5-6-4;2*1-3-4-2-5-6-3;1-3-5-4-2-6-3;1-3-4-2-6-5-3;1-3-4-2-5-6-3;9*1-2/h2*2-3H,1H3,(H,5,6);2*2-3H,1H3;2*2H,1H3,(H,4,5,6);3*2H,1H3;9*1-2H3. The molecule has 9 heterocycles. The lowest BCUT2D eigenvalue weighted by atomic mass is 10.5. The molecule has 72 heavy (non-hydrogen) atoms. The van der Waals surface area contributed by atoms with Crippen molar-refractivity contribution in [3.05, 3.63) is 133 Å². The largest absolute Gasteiger partial charge is 0.428 e. The van der Waals surface area contributed by atoms with Crippen LogP contribution in [0.4, 0.5) is 0 Å². The lowest BCUT2D eigenvalue weighted by Gasteiger charge is -1.68. The number of rotatable bonds is 0. The summed E-state index contributed by atoms with van der Waals surface area (Å²) in [4.78, 5) is 14.8. The number of hydrogen-bond acceptors (Lipinski definition) is 19. The van der Waals surface area contributed by atoms with E-state index in [0.717, 1.165) is 34.5 Å². The molecule has 0 bridgehead atoms. The van der Waals surface area contributed by atoms with Gasteiger partial charge in [-0.15, -0.1) is 10.2 Å². The third-order valence-electron chi connectivity index (χ3n) is 4.90. The second-order valence-electron chi connectivity index (χ2n) is 9.78. The van der Waals surface area contributed by atoms with Gasteiger partial charge in [0.1, 0.15) is 36.3 Å². The second kappa shape index (κ2) is 80.6. The number of nitrogens with zero attached hydrogens (tertiary/aromatic N) is 14. The molecule has 0 aliphatic heterocycles. The molecule has 9 rings (SSSR count). The zero-order chi connectivity index (χ0) is 57.7. The monoisotopic (exact) mass is 1020 g/mol. The zero-order valence-electron chi connectivity index (χ0n) is 49.3. The SMILES string of the molecule is CC.CC.CC.CC.CC.CC.CC.CC.CC.Cc1ccn[nH]1.Cc1ccn[nH]1.Cc1ccno1.Cc1ccon1.Cc1ncn[nH]1.Cc1ncn[nH]1.Cc1ncno1.Cc1ncon1.Cc1nnco1. The molecule has 0 fully saturated rings. The van der Waals surface area contributed by atoms with Gasteiger partial charge >= 0.3 is 0 Å². The van der Waals surface area contributed by atoms with Crippen LogP contribution < -0.4 is 0 Å². The summed E-state index contributed by atoms with van der Waals surface area (Å²) < 4.78 is 22.5. The summed E-state index contributed by atoms with van der Waals surface area (Å²) in [6.45, 7) is 52.6. The first-order valence-electron chi connectivity index (χ1n) is 24.5. The highest BCUT2D eigenvalue weighted by atomic mass is 16.5. The lowest BCUT2D eigenvalue weighted by Crippen LogP contribution is -1.68. The van der Waals surface area contributed by atoms with E-state index in [0.29, 0.717) is 17.6 Å². The maximum Gasteiger partial charge on any atom is 0.223 e. The second-order valence-corrected chi connectivity index (χ2v) is 9.78. The maximum absolute atomic E-state index is 4.61. The van der Waals surface area contributed by atoms with Crippen molar-refractivity contribution in [1.82, 2.24) is 91.5 Å². The van der Waals surface area contributed by atoms with Crippen LogP contribution in [-0.2, 0) is 0 Å². The Balaban J connectivity index is -0.0000000852. The molecule has 0 aromatic carbocycles. The van der Waals surface area contributed by atoms with E-state index in [2.05, 4.69) is 114 Å². The molecule has 0 aliphatic rings. The van der Waals surface area contributed by atoms with Gasteiger partial charge in [0.15, 0.2) is 12.2 Å². The lowest BCUT2D eigenvalue weighted by molar-refractivity contribution is 0.392. The van der Waals surface area contributed by atoms with Crippen LogP contribution in [0.5, 0.6) is 0 Å². The van der Waals surface area contributed by atoms with Crippen LogP contribution in [0, 0.1) is 62.3 Å². The third kappa shape index (κ3) is 76.8. The Morgan fingerprint density at radius 1 is 0.403 bits per heavy atom. The number of aromatic nitrogens is 18. The average Bonchev–Trinajstić information content (AvgIpc) is 4.27. The van der Waals surface area contributed by atoms with E-state index in [1.807, 2.05) is 178 Å². The molecule has 0 saturated carbocycles. The number of aryl methyl sites for hydroxylation is 9. The molecule has 0 atom stereocenters. The first kappa shape index (κ1) is 84.5. The molecule has 9 aromatic heterocycles. The number of aromatic amines is 4. The predicted octanol–water partition coefficient (Wildman–Crippen LogP) is 14.0. The minimum absolute atomic E-state index is 0.606. The van der Waals surface area contributed by atoms with E-state index in [1.54, 1.807) is 57.8 Å². The van der Waals surface area contributed by atoms with Gasteiger partial charge < -0.3 is 22.5 Å². The summed E-state index contributed by atoms with van der Waals surface area (Å²) in [5.41, 5.74) is 3.14. The van der Waals surface area contributed by atoms with Gasteiger partial charge in [-0.1, -0.05) is 145 Å². The van der Waals surface area contributed by atoms with Crippen molar-refractivity contribution in [3.8, 4) is 0 Å². The fraction of sp³-hybridized carbons (Fsp3) is 0.551. The molecular formula is C49H98N18O5. The Hall–Kier alpha value is -7.46. The smallest absolute Gasteiger partial charge is 0.223 e. The normalized spacial score (nSPS) is 7.38. The van der Waals surface area contributed by atoms with E-state index in [1.165, 1.54) is 31.8 Å². The molecule has 0 spiro atoms. The van der Waals surface area contributed by atoms with Gasteiger partial charge in [-0.2, -0.15) is 30.4 Å². The average molecular weight is 1020 g/mol. The van der Waals surface area contributed by atoms with Crippen LogP contribution in [0.25, 0.3) is 0 Å². The number of nitrogens with one attached hydrogen (secondary N) is 4. The Kier molecular flexibility index (Phi) is 94.5. The van der Waals surface area contributed by atoms with Crippen molar-refractivity contribution in [1.29, 1.82) is 0 Å². The van der Waals surface area contributed by atoms with Crippen molar-refractivity contribution >= 4 is 0 Å². The highest BCUT2D eigenvalue weighted by Gasteiger charge is 1.82. The van der Waals surface area contributed by atoms with Crippen LogP contribution in [0.15, 0.2) is 103 Å². The Bertz CT molecular complexity index is 1470. The Morgan fingerprint density at radius 3 is 0.986 bits per heavy atom. The van der Waals surface area contributed by atoms with E-state index in [9.17, 15) is 0 Å². The van der Waals surface area contributed by atoms with Crippen LogP contribution in [0.3, 0.4) is 0 Å². The minimum Gasteiger partial charge on any atom is -0.428 e. The van der Waals surface area contributed by atoms with E-state index < -0.39 is 0 Å². The number of hydrogen-bond donors (Lipinski definition) is 4. The Labute approximate surface area is 432 Å². The summed E-state index contributed by atoms with van der Waals surface area (Å²) in [5.74, 6) is 4.46. The molecule has 23 heteroatoms. The van der Waals surface area contributed by atoms with Crippen molar-refractivity contribution < 1.29 is 22.5 Å². The van der Waals surface area contributed by atoms with Gasteiger partial charge in [0.05, 0.1) is 11.9 Å². The summed E-state index contributed by atoms with van der Waals surface area (Å²) in [5, 5.41) is 46.0. The maximum atomic E-state index is 4.61. The van der Waals surface area contributed by atoms with Crippen molar-refractivity contribution in [2.45, 2.75) is 187 Å². The van der Waals surface area contributed by atoms with Gasteiger partial charge in [0.2, 0.25) is 24.6 Å². The zero-order valence-corrected chi connectivity index (χ0v) is 49.3. The molecule has 0 unspecified atom stereocenters. The number of H-pyrrole nitrogens is 4. The van der Waals surface area contributed by atoms with Gasteiger partial charge in [-0.05, 0) is 60.6 Å². The molecule has 0 saturated heterocycles. The first-order chi connectivity index (χ1) is 35.0. The van der Waals surface area contributed by atoms with Crippen LogP contribution >= 0.6 is 0 Å². The molecule has 414 valence electrons. The van der Waals surface area contributed by atoms with Gasteiger partial charge in [0, 0.05) is 49.8 Å². The van der Waals surface area contributed by atoms with Crippen molar-refractivity contribution in [3.63, 3.8) is 0 Å². The summed E-state index contributed by atoms with van der Waals surface area (Å²) in [7, 11) is 0. The molecule has 9 aromatic rings. The molecule has 0 radical (unpaired) electrons. The summed E-state index contributed by atoms with van der Waals surface area (Å²) in [6, 6.07) is 7.44. The minimum atomic E-state index is 0.606. The van der Waals surface area contributed by atoms with Crippen molar-refractivity contribution in [2.24, 2.45) is 0 Å². The molecule has 0 aliphatic carbocycles. The summed E-state index contributed by atoms with van der Waals surface area (Å²) in [6.07, 6.45) is 13.6. The molecule has 4 N–H and O–H groups in total. The van der Waals surface area contributed by atoms with Gasteiger partial charge in [-0.25, -0.2) is 9.97 Å². The van der Waals surface area contributed by atoms with E-state index >= 15 is 0 Å². The van der Waals surface area contributed by atoms with Gasteiger partial charge in [0.25, 0.3) is 0 Å². The van der Waals surface area contributed by atoms with Gasteiger partial charge in [-0.3, -0.25) is 20.4 Å². The topological polar surface area (TPSA) is 309 Å². The molecular weight excluding hydrogens is 921 g/mol. The third-order valence-corrected chi connectivity index (χ3v) is 4.90. The van der Waals surface area contributed by atoms with E-state index in [-0.39, 0.29) is 0 Å². The van der Waals surface area contributed by atoms with E-state index in [4.69, 9.17) is 0 Å². The first-order valence-corrected chi connectivity index (χ1v) is 24.5. The van der Waals surface area contributed by atoms with Crippen LogP contribution in [0.1, 0.15) is 177 Å². The highest BCUT2D eigenvalue weighted by molar-refractivity contribution is 4.92. The predicted molar refractivity (Wildman–Crippen MR) is 291 cm³/mol. The van der Waals surface area contributed by atoms with Crippen LogP contribution in [-0.4, -0.2) is 91.5 Å². The fourth-order valence-electron chi connectivity index (χ4n) is 2.42. The fourth-order valence-corrected chi connectivity index (χ4v) is 2.42. The highest BCUT2D eigenvalue weighted by Crippen LogP contribution is 1.89. The summed E-state index contributed by atoms with van der Waals surface area (Å²) >= 11 is 0. The van der Waals surface area contributed by atoms with Crippen molar-refractivity contribution in [2.75, 3.05) is 0 Å². The Morgan fingerprint density at radius 2 is 0.889 bits per heavy atom. The molecule has 0 amide bonds.